The van der Waals surface area contributed by atoms with Crippen LogP contribution in [0.4, 0.5) is 17.1 Å². The normalized spacial score (nSPS) is 11.5. The fourth-order valence-corrected chi connectivity index (χ4v) is 8.73. The summed E-state index contributed by atoms with van der Waals surface area (Å²) in [6, 6.07) is 67.2. The molecule has 0 unspecified atom stereocenters. The van der Waals surface area contributed by atoms with Gasteiger partial charge in [0.2, 0.25) is 0 Å². The van der Waals surface area contributed by atoms with E-state index in [1.165, 1.54) is 42.4 Å². The summed E-state index contributed by atoms with van der Waals surface area (Å²) in [5, 5.41) is 4.74. The average molecular weight is 670 g/mol. The standard InChI is InChI=1S/C48H31NOS/c1-4-13-32(14-5-1)33-23-25-36(26-24-33)49(37-27-28-40-41-21-12-20-38(34-15-6-2-7-16-34)47(41)50-44(40)31-37)43-30-29-39(35-17-8-3-9-18-35)48-46(43)42-19-10-11-22-45(42)51-48/h1-31H. The van der Waals surface area contributed by atoms with E-state index >= 15 is 0 Å². The number of hydrogen-bond donors (Lipinski definition) is 0. The summed E-state index contributed by atoms with van der Waals surface area (Å²) in [5.74, 6) is 0. The highest BCUT2D eigenvalue weighted by atomic mass is 32.1. The van der Waals surface area contributed by atoms with Gasteiger partial charge >= 0.3 is 0 Å². The molecule has 0 fully saturated rings. The molecule has 0 radical (unpaired) electrons. The Kier molecular flexibility index (Phi) is 7.04. The van der Waals surface area contributed by atoms with Gasteiger partial charge in [0.15, 0.2) is 0 Å². The maximum atomic E-state index is 6.77. The first-order chi connectivity index (χ1) is 25.3. The fraction of sp³-hybridized carbons (Fsp3) is 0. The first-order valence-corrected chi connectivity index (χ1v) is 18.1. The van der Waals surface area contributed by atoms with Crippen molar-refractivity contribution in [3.63, 3.8) is 0 Å². The van der Waals surface area contributed by atoms with Gasteiger partial charge in [-0.15, -0.1) is 11.3 Å². The Morgan fingerprint density at radius 2 is 1.02 bits per heavy atom. The van der Waals surface area contributed by atoms with Crippen LogP contribution in [0.5, 0.6) is 0 Å². The molecular formula is C48H31NOS. The van der Waals surface area contributed by atoms with Gasteiger partial charge in [0, 0.05) is 53.9 Å². The maximum Gasteiger partial charge on any atom is 0.143 e. The molecule has 51 heavy (non-hydrogen) atoms. The molecule has 0 atom stereocenters. The minimum atomic E-state index is 0.865. The van der Waals surface area contributed by atoms with Gasteiger partial charge in [-0.3, -0.25) is 0 Å². The van der Waals surface area contributed by atoms with E-state index in [0.29, 0.717) is 0 Å². The van der Waals surface area contributed by atoms with Crippen molar-refractivity contribution in [1.29, 1.82) is 0 Å². The van der Waals surface area contributed by atoms with E-state index in [9.17, 15) is 0 Å². The molecule has 0 aliphatic heterocycles. The molecule has 0 bridgehead atoms. The van der Waals surface area contributed by atoms with E-state index in [1.807, 2.05) is 11.3 Å². The van der Waals surface area contributed by atoms with Crippen LogP contribution >= 0.6 is 11.3 Å². The van der Waals surface area contributed by atoms with Crippen molar-refractivity contribution in [2.45, 2.75) is 0 Å². The molecule has 0 amide bonds. The summed E-state index contributed by atoms with van der Waals surface area (Å²) in [7, 11) is 0. The van der Waals surface area contributed by atoms with Crippen LogP contribution in [0.2, 0.25) is 0 Å². The van der Waals surface area contributed by atoms with Gasteiger partial charge in [-0.1, -0.05) is 146 Å². The molecule has 0 saturated carbocycles. The number of thiophene rings is 1. The van der Waals surface area contributed by atoms with Crippen molar-refractivity contribution >= 4 is 70.5 Å². The number of benzene rings is 8. The van der Waals surface area contributed by atoms with Crippen molar-refractivity contribution in [3.05, 3.63) is 188 Å². The second-order valence-electron chi connectivity index (χ2n) is 12.9. The highest BCUT2D eigenvalue weighted by Crippen LogP contribution is 2.49. The first kappa shape index (κ1) is 29.5. The third-order valence-corrected chi connectivity index (χ3v) is 11.1. The zero-order chi connectivity index (χ0) is 33.7. The van der Waals surface area contributed by atoms with Gasteiger partial charge in [0.1, 0.15) is 11.2 Å². The van der Waals surface area contributed by atoms with E-state index in [-0.39, 0.29) is 0 Å². The molecule has 0 spiro atoms. The smallest absolute Gasteiger partial charge is 0.143 e. The number of nitrogens with zero attached hydrogens (tertiary/aromatic N) is 1. The lowest BCUT2D eigenvalue weighted by Crippen LogP contribution is -2.10. The SMILES string of the molecule is c1ccc(-c2ccc(N(c3ccc4c(c3)oc3c(-c5ccccc5)cccc34)c3ccc(-c4ccccc4)c4sc5ccccc5c34)cc2)cc1. The lowest BCUT2D eigenvalue weighted by Gasteiger charge is -2.27. The predicted octanol–water partition coefficient (Wildman–Crippen LogP) is 14.4. The average Bonchev–Trinajstić information content (AvgIpc) is 3.78. The van der Waals surface area contributed by atoms with Crippen LogP contribution in [0.1, 0.15) is 0 Å². The molecule has 2 aromatic heterocycles. The predicted molar refractivity (Wildman–Crippen MR) is 218 cm³/mol. The Morgan fingerprint density at radius 3 is 1.76 bits per heavy atom. The van der Waals surface area contributed by atoms with Crippen molar-refractivity contribution in [1.82, 2.24) is 0 Å². The molecule has 240 valence electrons. The Balaban J connectivity index is 1.22. The molecule has 0 N–H and O–H groups in total. The molecule has 8 aromatic carbocycles. The van der Waals surface area contributed by atoms with Crippen LogP contribution in [0.3, 0.4) is 0 Å². The van der Waals surface area contributed by atoms with Gasteiger partial charge in [0.25, 0.3) is 0 Å². The van der Waals surface area contributed by atoms with Crippen LogP contribution in [0.15, 0.2) is 192 Å². The van der Waals surface area contributed by atoms with E-state index in [2.05, 4.69) is 193 Å². The van der Waals surface area contributed by atoms with E-state index in [1.54, 1.807) is 0 Å². The summed E-state index contributed by atoms with van der Waals surface area (Å²) >= 11 is 1.86. The monoisotopic (exact) mass is 669 g/mol. The maximum absolute atomic E-state index is 6.77. The zero-order valence-electron chi connectivity index (χ0n) is 27.7. The quantitative estimate of drug-likeness (QED) is 0.175. The minimum Gasteiger partial charge on any atom is -0.455 e. The molecule has 10 aromatic rings. The van der Waals surface area contributed by atoms with Gasteiger partial charge in [-0.05, 0) is 64.2 Å². The van der Waals surface area contributed by atoms with Crippen LogP contribution in [0, 0.1) is 0 Å². The molecule has 2 heterocycles. The lowest BCUT2D eigenvalue weighted by molar-refractivity contribution is 0.670. The van der Waals surface area contributed by atoms with Crippen LogP contribution in [0.25, 0.3) is 75.5 Å². The third-order valence-electron chi connectivity index (χ3n) is 9.89. The number of anilines is 3. The zero-order valence-corrected chi connectivity index (χ0v) is 28.5. The number of fused-ring (bicyclic) bond motifs is 6. The van der Waals surface area contributed by atoms with E-state index in [0.717, 1.165) is 50.1 Å². The highest BCUT2D eigenvalue weighted by Gasteiger charge is 2.22. The van der Waals surface area contributed by atoms with Crippen molar-refractivity contribution in [3.8, 4) is 33.4 Å². The number of hydrogen-bond acceptors (Lipinski definition) is 3. The molecule has 2 nitrogen and oxygen atoms in total. The Morgan fingerprint density at radius 1 is 0.412 bits per heavy atom. The van der Waals surface area contributed by atoms with Gasteiger partial charge in [-0.2, -0.15) is 0 Å². The summed E-state index contributed by atoms with van der Waals surface area (Å²) in [6.45, 7) is 0. The Bertz CT molecular complexity index is 2840. The molecule has 0 aliphatic rings. The Hall–Kier alpha value is -6.42. The van der Waals surface area contributed by atoms with Crippen molar-refractivity contribution < 1.29 is 4.42 Å². The minimum absolute atomic E-state index is 0.865. The highest BCUT2D eigenvalue weighted by molar-refractivity contribution is 7.26. The fourth-order valence-electron chi connectivity index (χ4n) is 7.47. The number of furan rings is 1. The van der Waals surface area contributed by atoms with Crippen LogP contribution in [-0.4, -0.2) is 0 Å². The summed E-state index contributed by atoms with van der Waals surface area (Å²) in [5.41, 5.74) is 12.1. The molecule has 0 saturated heterocycles. The largest absolute Gasteiger partial charge is 0.455 e. The summed E-state index contributed by atoms with van der Waals surface area (Å²) in [4.78, 5) is 2.40. The molecule has 3 heteroatoms. The lowest BCUT2D eigenvalue weighted by atomic mass is 9.99. The number of para-hydroxylation sites is 1. The Labute approximate surface area is 300 Å². The third kappa shape index (κ3) is 5.01. The van der Waals surface area contributed by atoms with E-state index < -0.39 is 0 Å². The topological polar surface area (TPSA) is 16.4 Å². The van der Waals surface area contributed by atoms with Crippen molar-refractivity contribution in [2.24, 2.45) is 0 Å². The molecule has 10 rings (SSSR count). The second kappa shape index (κ2) is 12.2. The number of rotatable bonds is 6. The van der Waals surface area contributed by atoms with E-state index in [4.69, 9.17) is 4.42 Å². The first-order valence-electron chi connectivity index (χ1n) is 17.3. The molecule has 0 aliphatic carbocycles. The molecular weight excluding hydrogens is 639 g/mol. The van der Waals surface area contributed by atoms with Gasteiger partial charge < -0.3 is 9.32 Å². The van der Waals surface area contributed by atoms with Crippen LogP contribution < -0.4 is 4.90 Å². The summed E-state index contributed by atoms with van der Waals surface area (Å²) in [6.07, 6.45) is 0. The van der Waals surface area contributed by atoms with Gasteiger partial charge in [0.05, 0.1) is 5.69 Å². The second-order valence-corrected chi connectivity index (χ2v) is 13.9. The van der Waals surface area contributed by atoms with Crippen LogP contribution in [-0.2, 0) is 0 Å². The summed E-state index contributed by atoms with van der Waals surface area (Å²) < 4.78 is 9.33. The van der Waals surface area contributed by atoms with Crippen molar-refractivity contribution in [2.75, 3.05) is 4.90 Å². The van der Waals surface area contributed by atoms with Gasteiger partial charge in [-0.25, -0.2) is 0 Å².